The standard InChI is InChI=1S/C14H18BrN3O/c1-18-14(16-10-17-18)8-12(9-15)7-11-3-5-13(19-2)6-4-11/h3-6,10,12H,7-9H2,1-2H3. The molecule has 0 aliphatic heterocycles. The third kappa shape index (κ3) is 3.80. The molecular weight excluding hydrogens is 306 g/mol. The quantitative estimate of drug-likeness (QED) is 0.767. The summed E-state index contributed by atoms with van der Waals surface area (Å²) in [6, 6.07) is 8.24. The van der Waals surface area contributed by atoms with Crippen molar-refractivity contribution in [3.63, 3.8) is 0 Å². The normalized spacial score (nSPS) is 12.4. The fraction of sp³-hybridized carbons (Fsp3) is 0.429. The number of hydrogen-bond acceptors (Lipinski definition) is 3. The lowest BCUT2D eigenvalue weighted by molar-refractivity contribution is 0.414. The average molecular weight is 324 g/mol. The molecule has 2 rings (SSSR count). The number of nitrogens with zero attached hydrogens (tertiary/aromatic N) is 3. The first kappa shape index (κ1) is 14.1. The lowest BCUT2D eigenvalue weighted by Crippen LogP contribution is -2.13. The Morgan fingerprint density at radius 3 is 2.53 bits per heavy atom. The Morgan fingerprint density at radius 2 is 2.00 bits per heavy atom. The van der Waals surface area contributed by atoms with Crippen molar-refractivity contribution in [1.29, 1.82) is 0 Å². The van der Waals surface area contributed by atoms with Gasteiger partial charge in [-0.1, -0.05) is 28.1 Å². The van der Waals surface area contributed by atoms with Gasteiger partial charge in [-0.15, -0.1) is 0 Å². The molecule has 5 heteroatoms. The minimum absolute atomic E-state index is 0.510. The lowest BCUT2D eigenvalue weighted by atomic mass is 9.97. The van der Waals surface area contributed by atoms with Crippen LogP contribution in [0.4, 0.5) is 0 Å². The summed E-state index contributed by atoms with van der Waals surface area (Å²) < 4.78 is 7.01. The van der Waals surface area contributed by atoms with E-state index in [1.807, 2.05) is 23.9 Å². The van der Waals surface area contributed by atoms with E-state index in [4.69, 9.17) is 4.74 Å². The summed E-state index contributed by atoms with van der Waals surface area (Å²) in [7, 11) is 3.62. The molecule has 102 valence electrons. The van der Waals surface area contributed by atoms with Crippen molar-refractivity contribution in [2.45, 2.75) is 12.8 Å². The summed E-state index contributed by atoms with van der Waals surface area (Å²) in [5.74, 6) is 2.43. The maximum Gasteiger partial charge on any atom is 0.138 e. The van der Waals surface area contributed by atoms with Gasteiger partial charge in [0.05, 0.1) is 7.11 Å². The fourth-order valence-electron chi connectivity index (χ4n) is 2.04. The molecule has 0 fully saturated rings. The van der Waals surface area contributed by atoms with Crippen LogP contribution in [0.5, 0.6) is 5.75 Å². The number of halogens is 1. The molecule has 0 aliphatic rings. The summed E-state index contributed by atoms with van der Waals surface area (Å²) in [5, 5.41) is 5.06. The Bertz CT molecular complexity index is 510. The summed E-state index contributed by atoms with van der Waals surface area (Å²) in [5.41, 5.74) is 1.31. The van der Waals surface area contributed by atoms with Crippen LogP contribution in [0.25, 0.3) is 0 Å². The average Bonchev–Trinajstić information content (AvgIpc) is 2.84. The molecule has 1 heterocycles. The number of aryl methyl sites for hydroxylation is 1. The molecule has 0 bridgehead atoms. The maximum absolute atomic E-state index is 5.17. The highest BCUT2D eigenvalue weighted by molar-refractivity contribution is 9.09. The second-order valence-corrected chi connectivity index (χ2v) is 5.22. The maximum atomic E-state index is 5.17. The van der Waals surface area contributed by atoms with E-state index in [-0.39, 0.29) is 0 Å². The van der Waals surface area contributed by atoms with Gasteiger partial charge in [0.15, 0.2) is 0 Å². The van der Waals surface area contributed by atoms with Crippen molar-refractivity contribution in [3.8, 4) is 5.75 Å². The van der Waals surface area contributed by atoms with Gasteiger partial charge in [0.2, 0.25) is 0 Å². The Kier molecular flexibility index (Phi) is 4.96. The van der Waals surface area contributed by atoms with E-state index >= 15 is 0 Å². The predicted molar refractivity (Wildman–Crippen MR) is 78.7 cm³/mol. The van der Waals surface area contributed by atoms with Crippen LogP contribution in [0.3, 0.4) is 0 Å². The van der Waals surface area contributed by atoms with Crippen LogP contribution in [0.15, 0.2) is 30.6 Å². The van der Waals surface area contributed by atoms with E-state index in [0.29, 0.717) is 5.92 Å². The Morgan fingerprint density at radius 1 is 1.26 bits per heavy atom. The van der Waals surface area contributed by atoms with E-state index in [1.165, 1.54) is 5.56 Å². The Labute approximate surface area is 121 Å². The molecule has 19 heavy (non-hydrogen) atoms. The highest BCUT2D eigenvalue weighted by Crippen LogP contribution is 2.18. The Hall–Kier alpha value is -1.36. The minimum atomic E-state index is 0.510. The molecule has 1 unspecified atom stereocenters. The topological polar surface area (TPSA) is 39.9 Å². The van der Waals surface area contributed by atoms with Crippen LogP contribution in [0.1, 0.15) is 11.4 Å². The summed E-state index contributed by atoms with van der Waals surface area (Å²) in [4.78, 5) is 4.28. The molecule has 1 aromatic heterocycles. The second kappa shape index (κ2) is 6.70. The molecule has 4 nitrogen and oxygen atoms in total. The number of methoxy groups -OCH3 is 1. The van der Waals surface area contributed by atoms with E-state index in [9.17, 15) is 0 Å². The number of aromatic nitrogens is 3. The van der Waals surface area contributed by atoms with Gasteiger partial charge in [-0.05, 0) is 30.0 Å². The van der Waals surface area contributed by atoms with Gasteiger partial charge in [0.1, 0.15) is 17.9 Å². The van der Waals surface area contributed by atoms with Gasteiger partial charge in [0, 0.05) is 18.8 Å². The SMILES string of the molecule is COc1ccc(CC(CBr)Cc2ncnn2C)cc1. The minimum Gasteiger partial charge on any atom is -0.497 e. The zero-order chi connectivity index (χ0) is 13.7. The number of rotatable bonds is 6. The smallest absolute Gasteiger partial charge is 0.138 e. The van der Waals surface area contributed by atoms with Crippen LogP contribution in [-0.2, 0) is 19.9 Å². The van der Waals surface area contributed by atoms with Crippen molar-refractivity contribution in [2.24, 2.45) is 13.0 Å². The van der Waals surface area contributed by atoms with Crippen molar-refractivity contribution in [3.05, 3.63) is 42.0 Å². The number of alkyl halides is 1. The van der Waals surface area contributed by atoms with Gasteiger partial charge in [-0.2, -0.15) is 5.10 Å². The van der Waals surface area contributed by atoms with Crippen molar-refractivity contribution in [1.82, 2.24) is 14.8 Å². The van der Waals surface area contributed by atoms with Crippen LogP contribution in [0, 0.1) is 5.92 Å². The van der Waals surface area contributed by atoms with Gasteiger partial charge in [-0.25, -0.2) is 4.98 Å². The molecule has 0 saturated carbocycles. The molecule has 0 N–H and O–H groups in total. The van der Waals surface area contributed by atoms with Gasteiger partial charge in [-0.3, -0.25) is 4.68 Å². The fourth-order valence-corrected chi connectivity index (χ4v) is 2.50. The van der Waals surface area contributed by atoms with E-state index < -0.39 is 0 Å². The monoisotopic (exact) mass is 323 g/mol. The molecular formula is C14H18BrN3O. The largest absolute Gasteiger partial charge is 0.497 e. The zero-order valence-corrected chi connectivity index (χ0v) is 12.8. The van der Waals surface area contributed by atoms with Crippen LogP contribution in [-0.4, -0.2) is 27.2 Å². The molecule has 0 spiro atoms. The predicted octanol–water partition coefficient (Wildman–Crippen LogP) is 2.62. The second-order valence-electron chi connectivity index (χ2n) is 4.58. The van der Waals surface area contributed by atoms with E-state index in [2.05, 4.69) is 38.1 Å². The van der Waals surface area contributed by atoms with Crippen LogP contribution in [0.2, 0.25) is 0 Å². The lowest BCUT2D eigenvalue weighted by Gasteiger charge is -2.13. The number of hydrogen-bond donors (Lipinski definition) is 0. The third-order valence-corrected chi connectivity index (χ3v) is 4.09. The molecule has 0 saturated heterocycles. The van der Waals surface area contributed by atoms with Gasteiger partial charge >= 0.3 is 0 Å². The highest BCUT2D eigenvalue weighted by Gasteiger charge is 2.12. The number of benzene rings is 1. The first-order valence-corrected chi connectivity index (χ1v) is 7.37. The first-order valence-electron chi connectivity index (χ1n) is 6.24. The van der Waals surface area contributed by atoms with Gasteiger partial charge < -0.3 is 4.74 Å². The zero-order valence-electron chi connectivity index (χ0n) is 11.2. The van der Waals surface area contributed by atoms with Crippen LogP contribution < -0.4 is 4.74 Å². The van der Waals surface area contributed by atoms with E-state index in [0.717, 1.165) is 29.7 Å². The van der Waals surface area contributed by atoms with Crippen molar-refractivity contribution >= 4 is 15.9 Å². The summed E-state index contributed by atoms with van der Waals surface area (Å²) >= 11 is 3.59. The third-order valence-electron chi connectivity index (χ3n) is 3.18. The van der Waals surface area contributed by atoms with Gasteiger partial charge in [0.25, 0.3) is 0 Å². The van der Waals surface area contributed by atoms with Crippen LogP contribution >= 0.6 is 15.9 Å². The molecule has 1 atom stereocenters. The highest BCUT2D eigenvalue weighted by atomic mass is 79.9. The molecule has 0 radical (unpaired) electrons. The van der Waals surface area contributed by atoms with E-state index in [1.54, 1.807) is 13.4 Å². The van der Waals surface area contributed by atoms with Crippen molar-refractivity contribution in [2.75, 3.05) is 12.4 Å². The summed E-state index contributed by atoms with van der Waals surface area (Å²) in [6.45, 7) is 0. The molecule has 2 aromatic rings. The van der Waals surface area contributed by atoms with Crippen molar-refractivity contribution < 1.29 is 4.74 Å². The Balaban J connectivity index is 2.00. The summed E-state index contributed by atoms with van der Waals surface area (Å²) in [6.07, 6.45) is 3.55. The molecule has 0 aliphatic carbocycles. The molecule has 1 aromatic carbocycles. The number of ether oxygens (including phenoxy) is 1. The first-order chi connectivity index (χ1) is 9.22. The molecule has 0 amide bonds.